The summed E-state index contributed by atoms with van der Waals surface area (Å²) in [5, 5.41) is 5.77. The van der Waals surface area contributed by atoms with Gasteiger partial charge in [0.15, 0.2) is 0 Å². The summed E-state index contributed by atoms with van der Waals surface area (Å²) >= 11 is 0. The molecular weight excluding hydrogens is 458 g/mol. The van der Waals surface area contributed by atoms with Crippen LogP contribution in [0.4, 0.5) is 10.5 Å². The molecule has 0 aliphatic rings. The first-order chi connectivity index (χ1) is 17.5. The number of benzene rings is 3. The summed E-state index contributed by atoms with van der Waals surface area (Å²) in [6.07, 6.45) is 3.07. The van der Waals surface area contributed by atoms with Gasteiger partial charge in [-0.25, -0.2) is 4.79 Å². The van der Waals surface area contributed by atoms with Crippen LogP contribution in [0.15, 0.2) is 97.3 Å². The van der Waals surface area contributed by atoms with E-state index in [1.807, 2.05) is 59.4 Å². The topological polar surface area (TPSA) is 98.7 Å². The zero-order valence-corrected chi connectivity index (χ0v) is 19.6. The molecule has 0 aliphatic carbocycles. The number of ether oxygens (including phenoxy) is 2. The summed E-state index contributed by atoms with van der Waals surface area (Å²) in [6, 6.07) is 24.6. The lowest BCUT2D eigenvalue weighted by Crippen LogP contribution is -2.24. The smallest absolute Gasteiger partial charge is 0.434 e. The van der Waals surface area contributed by atoms with Gasteiger partial charge in [0.05, 0.1) is 6.61 Å². The van der Waals surface area contributed by atoms with Crippen molar-refractivity contribution in [2.24, 2.45) is 0 Å². The molecule has 0 saturated carbocycles. The minimum absolute atomic E-state index is 0.210. The number of nitrogens with one attached hydrogen (secondary N) is 2. The monoisotopic (exact) mass is 483 g/mol. The van der Waals surface area contributed by atoms with Crippen LogP contribution in [0.25, 0.3) is 5.69 Å². The van der Waals surface area contributed by atoms with Crippen LogP contribution in [0.5, 0.6) is 5.75 Å². The van der Waals surface area contributed by atoms with E-state index in [2.05, 4.69) is 10.6 Å². The minimum atomic E-state index is -0.801. The first-order valence-corrected chi connectivity index (χ1v) is 11.4. The maximum absolute atomic E-state index is 12.8. The van der Waals surface area contributed by atoms with Gasteiger partial charge in [-0.1, -0.05) is 18.2 Å². The minimum Gasteiger partial charge on any atom is -0.434 e. The highest BCUT2D eigenvalue weighted by Gasteiger charge is 2.12. The lowest BCUT2D eigenvalue weighted by molar-refractivity contribution is 0.0950. The molecule has 0 bridgehead atoms. The van der Waals surface area contributed by atoms with Crippen LogP contribution in [0.2, 0.25) is 0 Å². The van der Waals surface area contributed by atoms with Gasteiger partial charge in [0.2, 0.25) is 0 Å². The van der Waals surface area contributed by atoms with Crippen molar-refractivity contribution in [3.8, 4) is 11.4 Å². The number of carbonyl (C=O) groups is 3. The van der Waals surface area contributed by atoms with E-state index in [1.54, 1.807) is 37.3 Å². The summed E-state index contributed by atoms with van der Waals surface area (Å²) in [5.41, 5.74) is 3.24. The van der Waals surface area contributed by atoms with E-state index in [1.165, 1.54) is 12.1 Å². The Balaban J connectivity index is 1.36. The van der Waals surface area contributed by atoms with Crippen molar-refractivity contribution < 1.29 is 23.9 Å². The number of hydrogen-bond donors (Lipinski definition) is 2. The predicted octanol–water partition coefficient (Wildman–Crippen LogP) is 5.19. The second-order valence-corrected chi connectivity index (χ2v) is 7.74. The number of aromatic nitrogens is 1. The maximum Gasteiger partial charge on any atom is 0.513 e. The molecule has 1 heterocycles. The van der Waals surface area contributed by atoms with Crippen LogP contribution in [0, 0.1) is 0 Å². The zero-order valence-electron chi connectivity index (χ0n) is 19.6. The fraction of sp³-hybridized carbons (Fsp3) is 0.107. The zero-order chi connectivity index (χ0) is 25.3. The third kappa shape index (κ3) is 6.18. The number of para-hydroxylation sites is 1. The molecule has 3 aromatic carbocycles. The molecule has 0 spiro atoms. The lowest BCUT2D eigenvalue weighted by Gasteiger charge is -2.13. The molecule has 0 saturated heterocycles. The third-order valence-corrected chi connectivity index (χ3v) is 5.32. The van der Waals surface area contributed by atoms with Crippen molar-refractivity contribution in [3.05, 3.63) is 114 Å². The Kier molecular flexibility index (Phi) is 7.77. The van der Waals surface area contributed by atoms with Crippen LogP contribution in [0.3, 0.4) is 0 Å². The molecule has 4 rings (SSSR count). The highest BCUT2D eigenvalue weighted by atomic mass is 16.7. The van der Waals surface area contributed by atoms with E-state index in [4.69, 9.17) is 9.47 Å². The second-order valence-electron chi connectivity index (χ2n) is 7.74. The number of anilines is 1. The van der Waals surface area contributed by atoms with E-state index in [0.29, 0.717) is 16.8 Å². The first kappa shape index (κ1) is 24.3. The molecule has 8 nitrogen and oxygen atoms in total. The quantitative estimate of drug-likeness (QED) is 0.265. The summed E-state index contributed by atoms with van der Waals surface area (Å²) in [4.78, 5) is 36.8. The standard InChI is InChI=1S/C28H25N3O5/c1-2-35-28(34)36-24-15-11-20(12-16-24)26(32)29-19-22-7-3-4-8-25(22)30-27(33)21-9-13-23(14-10-21)31-17-5-6-18-31/h3-18H,2,19H2,1H3,(H,29,32)(H,30,33). The maximum atomic E-state index is 12.8. The van der Waals surface area contributed by atoms with Crippen LogP contribution in [-0.2, 0) is 11.3 Å². The van der Waals surface area contributed by atoms with Gasteiger partial charge in [-0.05, 0) is 79.2 Å². The van der Waals surface area contributed by atoms with Crippen molar-refractivity contribution in [3.63, 3.8) is 0 Å². The Morgan fingerprint density at radius 3 is 2.11 bits per heavy atom. The summed E-state index contributed by atoms with van der Waals surface area (Å²) in [7, 11) is 0. The fourth-order valence-corrected chi connectivity index (χ4v) is 3.48. The van der Waals surface area contributed by atoms with Gasteiger partial charge in [0.25, 0.3) is 11.8 Å². The molecule has 0 fully saturated rings. The van der Waals surface area contributed by atoms with Gasteiger partial charge in [-0.3, -0.25) is 9.59 Å². The Morgan fingerprint density at radius 2 is 1.42 bits per heavy atom. The van der Waals surface area contributed by atoms with E-state index in [-0.39, 0.29) is 30.7 Å². The Labute approximate surface area is 208 Å². The van der Waals surface area contributed by atoms with E-state index in [0.717, 1.165) is 11.3 Å². The van der Waals surface area contributed by atoms with E-state index in [9.17, 15) is 14.4 Å². The van der Waals surface area contributed by atoms with Gasteiger partial charge in [0, 0.05) is 41.4 Å². The van der Waals surface area contributed by atoms with Crippen molar-refractivity contribution in [2.75, 3.05) is 11.9 Å². The van der Waals surface area contributed by atoms with Crippen molar-refractivity contribution in [2.45, 2.75) is 13.5 Å². The SMILES string of the molecule is CCOC(=O)Oc1ccc(C(=O)NCc2ccccc2NC(=O)c2ccc(-n3cccc3)cc2)cc1. The molecule has 182 valence electrons. The molecule has 2 N–H and O–H groups in total. The number of amides is 2. The number of nitrogens with zero attached hydrogens (tertiary/aromatic N) is 1. The third-order valence-electron chi connectivity index (χ3n) is 5.32. The molecule has 4 aromatic rings. The molecule has 0 unspecified atom stereocenters. The predicted molar refractivity (Wildman–Crippen MR) is 135 cm³/mol. The van der Waals surface area contributed by atoms with E-state index < -0.39 is 6.16 Å². The van der Waals surface area contributed by atoms with Gasteiger partial charge in [-0.15, -0.1) is 0 Å². The summed E-state index contributed by atoms with van der Waals surface area (Å²) < 4.78 is 11.7. The Bertz CT molecular complexity index is 1330. The number of hydrogen-bond acceptors (Lipinski definition) is 5. The molecule has 36 heavy (non-hydrogen) atoms. The average molecular weight is 484 g/mol. The molecular formula is C28H25N3O5. The second kappa shape index (κ2) is 11.5. The van der Waals surface area contributed by atoms with Gasteiger partial charge >= 0.3 is 6.16 Å². The van der Waals surface area contributed by atoms with Crippen molar-refractivity contribution in [1.82, 2.24) is 9.88 Å². The van der Waals surface area contributed by atoms with Crippen LogP contribution in [0.1, 0.15) is 33.2 Å². The molecule has 0 aliphatic heterocycles. The van der Waals surface area contributed by atoms with Gasteiger partial charge in [-0.2, -0.15) is 0 Å². The largest absolute Gasteiger partial charge is 0.513 e. The fourth-order valence-electron chi connectivity index (χ4n) is 3.48. The average Bonchev–Trinajstić information content (AvgIpc) is 3.44. The van der Waals surface area contributed by atoms with Crippen LogP contribution in [-0.4, -0.2) is 29.1 Å². The molecule has 8 heteroatoms. The highest BCUT2D eigenvalue weighted by molar-refractivity contribution is 6.04. The molecule has 0 radical (unpaired) electrons. The summed E-state index contributed by atoms with van der Waals surface area (Å²) in [5.74, 6) is -0.274. The molecule has 2 amide bonds. The molecule has 0 atom stereocenters. The van der Waals surface area contributed by atoms with Crippen molar-refractivity contribution in [1.29, 1.82) is 0 Å². The normalized spacial score (nSPS) is 10.4. The highest BCUT2D eigenvalue weighted by Crippen LogP contribution is 2.18. The van der Waals surface area contributed by atoms with Crippen molar-refractivity contribution >= 4 is 23.7 Å². The van der Waals surface area contributed by atoms with Gasteiger partial charge in [0.1, 0.15) is 5.75 Å². The van der Waals surface area contributed by atoms with E-state index >= 15 is 0 Å². The Hall–Kier alpha value is -4.85. The lowest BCUT2D eigenvalue weighted by atomic mass is 10.1. The van der Waals surface area contributed by atoms with Crippen LogP contribution < -0.4 is 15.4 Å². The molecule has 1 aromatic heterocycles. The summed E-state index contributed by atoms with van der Waals surface area (Å²) in [6.45, 7) is 2.10. The first-order valence-electron chi connectivity index (χ1n) is 11.4. The van der Waals surface area contributed by atoms with Gasteiger partial charge < -0.3 is 24.7 Å². The number of rotatable bonds is 8. The number of carbonyl (C=O) groups excluding carboxylic acids is 3. The van der Waals surface area contributed by atoms with Crippen LogP contribution >= 0.6 is 0 Å². The Morgan fingerprint density at radius 1 is 0.778 bits per heavy atom.